The zero-order valence-electron chi connectivity index (χ0n) is 11.9. The van der Waals surface area contributed by atoms with Crippen molar-refractivity contribution in [1.29, 1.82) is 0 Å². The topological polar surface area (TPSA) is 26.7 Å². The summed E-state index contributed by atoms with van der Waals surface area (Å²) in [4.78, 5) is 4.91. The lowest BCUT2D eigenvalue weighted by Crippen LogP contribution is -2.41. The smallest absolute Gasteiger partial charge is 0.0834 e. The summed E-state index contributed by atoms with van der Waals surface area (Å²) >= 11 is 0. The number of allylic oxidation sites excluding steroid dienone is 1. The van der Waals surface area contributed by atoms with Crippen LogP contribution in [-0.4, -0.2) is 59.8 Å². The van der Waals surface area contributed by atoms with Crippen molar-refractivity contribution in [3.63, 3.8) is 0 Å². The van der Waals surface area contributed by atoms with Crippen LogP contribution in [0.3, 0.4) is 0 Å². The lowest BCUT2D eigenvalue weighted by Gasteiger charge is -2.25. The molecule has 2 aliphatic heterocycles. The van der Waals surface area contributed by atoms with E-state index < -0.39 is 0 Å². The van der Waals surface area contributed by atoms with Gasteiger partial charge in [-0.3, -0.25) is 9.80 Å². The summed E-state index contributed by atoms with van der Waals surface area (Å²) in [6, 6.07) is 0.392. The van der Waals surface area contributed by atoms with Crippen molar-refractivity contribution in [3.8, 4) is 0 Å². The van der Waals surface area contributed by atoms with Crippen molar-refractivity contribution in [2.24, 2.45) is 0 Å². The Balaban J connectivity index is 1.76. The fourth-order valence-electron chi connectivity index (χ4n) is 3.10. The molecule has 3 heteroatoms. The molecule has 2 heterocycles. The van der Waals surface area contributed by atoms with Crippen LogP contribution < -0.4 is 0 Å². The number of aliphatic hydroxyl groups is 1. The SMILES string of the molecule is CC/C(C)=C/CCN1C[C@H](O)[C@@H](N2CCCC2)C1. The third-order valence-corrected chi connectivity index (χ3v) is 4.44. The van der Waals surface area contributed by atoms with Gasteiger partial charge in [0.2, 0.25) is 0 Å². The summed E-state index contributed by atoms with van der Waals surface area (Å²) in [5, 5.41) is 10.2. The van der Waals surface area contributed by atoms with Crippen LogP contribution in [0.25, 0.3) is 0 Å². The molecule has 0 aromatic rings. The molecule has 0 saturated carbocycles. The Kier molecular flexibility index (Phi) is 5.22. The molecule has 0 spiro atoms. The molecule has 104 valence electrons. The molecule has 1 N–H and O–H groups in total. The molecule has 0 aliphatic carbocycles. The third-order valence-electron chi connectivity index (χ3n) is 4.44. The summed E-state index contributed by atoms with van der Waals surface area (Å²) in [6.45, 7) is 9.79. The first-order chi connectivity index (χ1) is 8.70. The van der Waals surface area contributed by atoms with E-state index in [-0.39, 0.29) is 6.10 Å². The van der Waals surface area contributed by atoms with Gasteiger partial charge in [0.05, 0.1) is 6.10 Å². The third kappa shape index (κ3) is 3.56. The van der Waals surface area contributed by atoms with Crippen LogP contribution in [0.1, 0.15) is 39.5 Å². The van der Waals surface area contributed by atoms with Crippen LogP contribution in [0.5, 0.6) is 0 Å². The molecule has 0 amide bonds. The second-order valence-corrected chi connectivity index (χ2v) is 5.83. The first-order valence-corrected chi connectivity index (χ1v) is 7.50. The zero-order valence-corrected chi connectivity index (χ0v) is 11.9. The van der Waals surface area contributed by atoms with Crippen LogP contribution in [0.2, 0.25) is 0 Å². The van der Waals surface area contributed by atoms with E-state index in [1.54, 1.807) is 0 Å². The Morgan fingerprint density at radius 1 is 1.28 bits per heavy atom. The van der Waals surface area contributed by atoms with E-state index in [2.05, 4.69) is 29.7 Å². The van der Waals surface area contributed by atoms with Crippen molar-refractivity contribution in [2.75, 3.05) is 32.7 Å². The highest BCUT2D eigenvalue weighted by atomic mass is 16.3. The first-order valence-electron chi connectivity index (χ1n) is 7.50. The van der Waals surface area contributed by atoms with Crippen LogP contribution in [-0.2, 0) is 0 Å². The quantitative estimate of drug-likeness (QED) is 0.757. The molecule has 0 bridgehead atoms. The van der Waals surface area contributed by atoms with Crippen molar-refractivity contribution in [2.45, 2.75) is 51.7 Å². The Bertz CT molecular complexity index is 284. The van der Waals surface area contributed by atoms with E-state index in [1.165, 1.54) is 31.5 Å². The molecule has 2 atom stereocenters. The van der Waals surface area contributed by atoms with Gasteiger partial charge in [-0.05, 0) is 45.7 Å². The predicted octanol–water partition coefficient (Wildman–Crippen LogP) is 1.87. The monoisotopic (exact) mass is 252 g/mol. The molecule has 2 aliphatic rings. The number of hydrogen-bond acceptors (Lipinski definition) is 3. The Hall–Kier alpha value is -0.380. The maximum atomic E-state index is 10.2. The summed E-state index contributed by atoms with van der Waals surface area (Å²) in [5.41, 5.74) is 1.48. The number of aliphatic hydroxyl groups excluding tert-OH is 1. The van der Waals surface area contributed by atoms with Crippen LogP contribution >= 0.6 is 0 Å². The zero-order chi connectivity index (χ0) is 13.0. The van der Waals surface area contributed by atoms with Gasteiger partial charge < -0.3 is 5.11 Å². The Morgan fingerprint density at radius 3 is 2.67 bits per heavy atom. The van der Waals surface area contributed by atoms with Gasteiger partial charge in [0.1, 0.15) is 0 Å². The second-order valence-electron chi connectivity index (χ2n) is 5.83. The van der Waals surface area contributed by atoms with Gasteiger partial charge in [0.25, 0.3) is 0 Å². The molecular weight excluding hydrogens is 224 g/mol. The average Bonchev–Trinajstić information content (AvgIpc) is 2.98. The highest BCUT2D eigenvalue weighted by Crippen LogP contribution is 2.21. The van der Waals surface area contributed by atoms with Crippen molar-refractivity contribution >= 4 is 0 Å². The van der Waals surface area contributed by atoms with Gasteiger partial charge in [0, 0.05) is 25.7 Å². The van der Waals surface area contributed by atoms with Gasteiger partial charge in [-0.15, -0.1) is 0 Å². The Morgan fingerprint density at radius 2 is 2.00 bits per heavy atom. The van der Waals surface area contributed by atoms with E-state index in [0.717, 1.165) is 32.5 Å². The van der Waals surface area contributed by atoms with Gasteiger partial charge in [-0.1, -0.05) is 18.6 Å². The molecule has 18 heavy (non-hydrogen) atoms. The van der Waals surface area contributed by atoms with E-state index in [1.807, 2.05) is 0 Å². The molecule has 0 unspecified atom stereocenters. The standard InChI is InChI=1S/C15H28N2O/c1-3-13(2)7-6-8-16-11-14(15(18)12-16)17-9-4-5-10-17/h7,14-15,18H,3-6,8-12H2,1-2H3/b13-7+/t14-,15-/m0/s1. The van der Waals surface area contributed by atoms with E-state index in [0.29, 0.717) is 6.04 Å². The van der Waals surface area contributed by atoms with Crippen LogP contribution in [0.15, 0.2) is 11.6 Å². The Labute approximate surface area is 111 Å². The number of hydrogen-bond donors (Lipinski definition) is 1. The summed E-state index contributed by atoms with van der Waals surface area (Å²) in [6.07, 6.45) is 7.09. The van der Waals surface area contributed by atoms with Crippen molar-refractivity contribution in [3.05, 3.63) is 11.6 Å². The predicted molar refractivity (Wildman–Crippen MR) is 75.7 cm³/mol. The first kappa shape index (κ1) is 14.0. The largest absolute Gasteiger partial charge is 0.390 e. The minimum atomic E-state index is -0.139. The number of likely N-dealkylation sites (tertiary alicyclic amines) is 2. The molecule has 2 fully saturated rings. The van der Waals surface area contributed by atoms with Gasteiger partial charge in [0.15, 0.2) is 0 Å². The fourth-order valence-corrected chi connectivity index (χ4v) is 3.10. The molecule has 2 saturated heterocycles. The normalized spacial score (nSPS) is 31.4. The molecule has 0 aromatic heterocycles. The summed E-state index contributed by atoms with van der Waals surface area (Å²) in [7, 11) is 0. The fraction of sp³-hybridized carbons (Fsp3) is 0.867. The molecular formula is C15H28N2O. The molecule has 3 nitrogen and oxygen atoms in total. The van der Waals surface area contributed by atoms with Crippen LogP contribution in [0.4, 0.5) is 0 Å². The van der Waals surface area contributed by atoms with Crippen molar-refractivity contribution < 1.29 is 5.11 Å². The van der Waals surface area contributed by atoms with E-state index in [4.69, 9.17) is 0 Å². The average molecular weight is 252 g/mol. The van der Waals surface area contributed by atoms with Crippen molar-refractivity contribution in [1.82, 2.24) is 9.80 Å². The molecule has 0 aromatic carbocycles. The van der Waals surface area contributed by atoms with Gasteiger partial charge in [-0.25, -0.2) is 0 Å². The lowest BCUT2D eigenvalue weighted by molar-refractivity contribution is 0.0979. The maximum absolute atomic E-state index is 10.2. The number of β-amino-alcohol motifs (C(OH)–C–C–N with tert-alkyl or cyclic N) is 1. The van der Waals surface area contributed by atoms with E-state index >= 15 is 0 Å². The van der Waals surface area contributed by atoms with Gasteiger partial charge in [-0.2, -0.15) is 0 Å². The minimum absolute atomic E-state index is 0.139. The second kappa shape index (κ2) is 6.69. The van der Waals surface area contributed by atoms with E-state index in [9.17, 15) is 5.11 Å². The summed E-state index contributed by atoms with van der Waals surface area (Å²) < 4.78 is 0. The van der Waals surface area contributed by atoms with Gasteiger partial charge >= 0.3 is 0 Å². The maximum Gasteiger partial charge on any atom is 0.0834 e. The number of nitrogens with zero attached hydrogens (tertiary/aromatic N) is 2. The number of rotatable bonds is 5. The minimum Gasteiger partial charge on any atom is -0.390 e. The molecule has 2 rings (SSSR count). The van der Waals surface area contributed by atoms with Crippen LogP contribution in [0, 0.1) is 0 Å². The molecule has 0 radical (unpaired) electrons. The summed E-state index contributed by atoms with van der Waals surface area (Å²) in [5.74, 6) is 0. The highest BCUT2D eigenvalue weighted by Gasteiger charge is 2.35. The lowest BCUT2D eigenvalue weighted by atomic mass is 10.2. The highest BCUT2D eigenvalue weighted by molar-refractivity contribution is 4.98.